The van der Waals surface area contributed by atoms with Crippen LogP contribution in [0.5, 0.6) is 28.7 Å². The smallest absolute Gasteiger partial charge is 0.343 e. The number of hydrogen-bond acceptors (Lipinski definition) is 8. The number of carbonyl (C=O) groups is 2. The predicted molar refractivity (Wildman–Crippen MR) is 123 cm³/mol. The number of esters is 1. The molecule has 0 saturated carbocycles. The van der Waals surface area contributed by atoms with E-state index < -0.39 is 11.9 Å². The number of nitrogens with zero attached hydrogens (tertiary/aromatic N) is 1. The van der Waals surface area contributed by atoms with Crippen LogP contribution in [0.15, 0.2) is 65.8 Å². The highest BCUT2D eigenvalue weighted by atomic mass is 35.5. The minimum atomic E-state index is -0.578. The maximum Gasteiger partial charge on any atom is 0.343 e. The van der Waals surface area contributed by atoms with Crippen molar-refractivity contribution in [3.05, 3.63) is 76.8 Å². The van der Waals surface area contributed by atoms with Gasteiger partial charge >= 0.3 is 5.97 Å². The first-order chi connectivity index (χ1) is 16.5. The zero-order chi connectivity index (χ0) is 23.9. The number of rotatable bonds is 8. The molecule has 0 fully saturated rings. The van der Waals surface area contributed by atoms with Crippen molar-refractivity contribution in [1.82, 2.24) is 5.43 Å². The van der Waals surface area contributed by atoms with Crippen molar-refractivity contribution in [1.29, 1.82) is 0 Å². The van der Waals surface area contributed by atoms with E-state index in [-0.39, 0.29) is 19.1 Å². The van der Waals surface area contributed by atoms with Crippen LogP contribution in [-0.4, -0.2) is 38.6 Å². The van der Waals surface area contributed by atoms with Crippen molar-refractivity contribution < 1.29 is 33.3 Å². The molecule has 9 nitrogen and oxygen atoms in total. The topological polar surface area (TPSA) is 105 Å². The van der Waals surface area contributed by atoms with Crippen LogP contribution in [0.2, 0.25) is 5.02 Å². The third-order valence-corrected chi connectivity index (χ3v) is 4.84. The fourth-order valence-electron chi connectivity index (χ4n) is 2.92. The number of hydrazone groups is 1. The van der Waals surface area contributed by atoms with E-state index in [1.807, 2.05) is 0 Å². The number of carbonyl (C=O) groups excluding carboxylic acids is 2. The highest BCUT2D eigenvalue weighted by Gasteiger charge is 2.18. The molecule has 1 aliphatic rings. The maximum atomic E-state index is 12.5. The van der Waals surface area contributed by atoms with E-state index in [4.69, 9.17) is 35.3 Å². The highest BCUT2D eigenvalue weighted by Crippen LogP contribution is 2.33. The summed E-state index contributed by atoms with van der Waals surface area (Å²) >= 11 is 5.81. The molecule has 0 aliphatic carbocycles. The molecule has 1 N–H and O–H groups in total. The first-order valence-electron chi connectivity index (χ1n) is 10.0. The van der Waals surface area contributed by atoms with E-state index in [0.29, 0.717) is 39.1 Å². The zero-order valence-electron chi connectivity index (χ0n) is 17.9. The van der Waals surface area contributed by atoms with Crippen LogP contribution in [0.25, 0.3) is 0 Å². The zero-order valence-corrected chi connectivity index (χ0v) is 18.7. The van der Waals surface area contributed by atoms with Crippen LogP contribution in [0, 0.1) is 0 Å². The first kappa shape index (κ1) is 22.9. The summed E-state index contributed by atoms with van der Waals surface area (Å²) in [5.41, 5.74) is 3.29. The van der Waals surface area contributed by atoms with E-state index >= 15 is 0 Å². The number of ether oxygens (including phenoxy) is 5. The van der Waals surface area contributed by atoms with Crippen molar-refractivity contribution in [2.24, 2.45) is 5.10 Å². The molecular formula is C24H19ClN2O7. The number of nitrogens with one attached hydrogen (secondary N) is 1. The molecule has 1 amide bonds. The monoisotopic (exact) mass is 482 g/mol. The molecule has 1 heterocycles. The Hall–Kier alpha value is -4.24. The Balaban J connectivity index is 1.33. The van der Waals surface area contributed by atoms with Gasteiger partial charge in [-0.1, -0.05) is 11.6 Å². The molecular weight excluding hydrogens is 464 g/mol. The van der Waals surface area contributed by atoms with Crippen molar-refractivity contribution >= 4 is 29.7 Å². The van der Waals surface area contributed by atoms with Gasteiger partial charge in [-0.05, 0) is 66.2 Å². The lowest BCUT2D eigenvalue weighted by Crippen LogP contribution is -2.24. The lowest BCUT2D eigenvalue weighted by Gasteiger charge is -2.10. The van der Waals surface area contributed by atoms with Gasteiger partial charge < -0.3 is 23.7 Å². The second-order valence-corrected chi connectivity index (χ2v) is 7.34. The number of benzene rings is 3. The highest BCUT2D eigenvalue weighted by molar-refractivity contribution is 6.30. The van der Waals surface area contributed by atoms with Crippen LogP contribution < -0.4 is 29.1 Å². The Morgan fingerprint density at radius 1 is 1.03 bits per heavy atom. The summed E-state index contributed by atoms with van der Waals surface area (Å²) in [6.07, 6.45) is 1.42. The Morgan fingerprint density at radius 2 is 1.82 bits per heavy atom. The molecule has 174 valence electrons. The molecule has 10 heteroatoms. The summed E-state index contributed by atoms with van der Waals surface area (Å²) in [7, 11) is 1.45. The van der Waals surface area contributed by atoms with Gasteiger partial charge in [0.2, 0.25) is 6.79 Å². The fraction of sp³-hybridized carbons (Fsp3) is 0.125. The molecule has 3 aromatic carbocycles. The standard InChI is InChI=1S/C24H19ClN2O7/c1-30-21-10-15(12-26-27-23(28)13-31-18-6-4-17(25)5-7-18)2-8-20(21)34-24(29)16-3-9-19-22(11-16)33-14-32-19/h2-12H,13-14H2,1H3,(H,27,28)/b26-12-. The second-order valence-electron chi connectivity index (χ2n) is 6.90. The molecule has 0 unspecified atom stereocenters. The number of halogens is 1. The van der Waals surface area contributed by atoms with Crippen molar-refractivity contribution in [3.8, 4) is 28.7 Å². The number of fused-ring (bicyclic) bond motifs is 1. The molecule has 0 bridgehead atoms. The summed E-state index contributed by atoms with van der Waals surface area (Å²) in [5, 5.41) is 4.47. The van der Waals surface area contributed by atoms with Crippen LogP contribution in [0.4, 0.5) is 0 Å². The predicted octanol–water partition coefficient (Wildman–Crippen LogP) is 3.83. The molecule has 0 saturated heterocycles. The fourth-order valence-corrected chi connectivity index (χ4v) is 3.05. The maximum absolute atomic E-state index is 12.5. The van der Waals surface area contributed by atoms with Gasteiger partial charge in [0.15, 0.2) is 29.6 Å². The molecule has 0 atom stereocenters. The van der Waals surface area contributed by atoms with Gasteiger partial charge in [0.1, 0.15) is 5.75 Å². The summed E-state index contributed by atoms with van der Waals surface area (Å²) in [5.74, 6) is 1.09. The Kier molecular flexibility index (Phi) is 7.14. The Morgan fingerprint density at radius 3 is 2.62 bits per heavy atom. The van der Waals surface area contributed by atoms with E-state index in [0.717, 1.165) is 0 Å². The second kappa shape index (κ2) is 10.6. The first-order valence-corrected chi connectivity index (χ1v) is 10.4. The average Bonchev–Trinajstić information content (AvgIpc) is 3.32. The van der Waals surface area contributed by atoms with E-state index in [9.17, 15) is 9.59 Å². The Bertz CT molecular complexity index is 1230. The van der Waals surface area contributed by atoms with Crippen molar-refractivity contribution in [3.63, 3.8) is 0 Å². The van der Waals surface area contributed by atoms with Crippen LogP contribution >= 0.6 is 11.6 Å². The van der Waals surface area contributed by atoms with Gasteiger partial charge in [-0.15, -0.1) is 0 Å². The van der Waals surface area contributed by atoms with Gasteiger partial charge in [-0.25, -0.2) is 10.2 Å². The molecule has 0 aromatic heterocycles. The quantitative estimate of drug-likeness (QED) is 0.225. The molecule has 0 spiro atoms. The van der Waals surface area contributed by atoms with E-state index in [2.05, 4.69) is 10.5 Å². The summed E-state index contributed by atoms with van der Waals surface area (Å²) < 4.78 is 26.7. The van der Waals surface area contributed by atoms with Crippen molar-refractivity contribution in [2.75, 3.05) is 20.5 Å². The lowest BCUT2D eigenvalue weighted by atomic mass is 10.2. The van der Waals surface area contributed by atoms with Crippen LogP contribution in [0.3, 0.4) is 0 Å². The van der Waals surface area contributed by atoms with Crippen molar-refractivity contribution in [2.45, 2.75) is 0 Å². The number of amides is 1. The van der Waals surface area contributed by atoms with Gasteiger partial charge in [-0.2, -0.15) is 5.10 Å². The third kappa shape index (κ3) is 5.76. The van der Waals surface area contributed by atoms with E-state index in [1.54, 1.807) is 60.7 Å². The molecule has 1 aliphatic heterocycles. The van der Waals surface area contributed by atoms with Gasteiger partial charge in [0.05, 0.1) is 18.9 Å². The summed E-state index contributed by atoms with van der Waals surface area (Å²) in [4.78, 5) is 24.4. The lowest BCUT2D eigenvalue weighted by molar-refractivity contribution is -0.123. The average molecular weight is 483 g/mol. The van der Waals surface area contributed by atoms with Gasteiger partial charge in [-0.3, -0.25) is 4.79 Å². The Labute approximate surface area is 199 Å². The minimum Gasteiger partial charge on any atom is -0.493 e. The third-order valence-electron chi connectivity index (χ3n) is 4.59. The van der Waals surface area contributed by atoms with Crippen LogP contribution in [0.1, 0.15) is 15.9 Å². The normalized spacial score (nSPS) is 11.8. The number of methoxy groups -OCH3 is 1. The molecule has 3 aromatic rings. The van der Waals surface area contributed by atoms with Gasteiger partial charge in [0, 0.05) is 5.02 Å². The van der Waals surface area contributed by atoms with Gasteiger partial charge in [0.25, 0.3) is 5.91 Å². The molecule has 0 radical (unpaired) electrons. The molecule has 4 rings (SSSR count). The van der Waals surface area contributed by atoms with E-state index in [1.165, 1.54) is 13.3 Å². The van der Waals surface area contributed by atoms with Crippen LogP contribution in [-0.2, 0) is 4.79 Å². The summed E-state index contributed by atoms with van der Waals surface area (Å²) in [6.45, 7) is -0.0997. The molecule has 34 heavy (non-hydrogen) atoms. The SMILES string of the molecule is COc1cc(/C=N\NC(=O)COc2ccc(Cl)cc2)ccc1OC(=O)c1ccc2c(c1)OCO2. The number of hydrogen-bond donors (Lipinski definition) is 1. The minimum absolute atomic E-state index is 0.112. The summed E-state index contributed by atoms with van der Waals surface area (Å²) in [6, 6.07) is 16.3. The largest absolute Gasteiger partial charge is 0.493 e.